The number of hydrogen-bond acceptors (Lipinski definition) is 3. The molecule has 0 bridgehead atoms. The van der Waals surface area contributed by atoms with E-state index in [-0.39, 0.29) is 11.4 Å². The van der Waals surface area contributed by atoms with Crippen molar-refractivity contribution in [2.75, 3.05) is 13.3 Å². The van der Waals surface area contributed by atoms with Gasteiger partial charge in [0.2, 0.25) is 5.91 Å². The first-order valence-corrected chi connectivity index (χ1v) is 5.88. The summed E-state index contributed by atoms with van der Waals surface area (Å²) < 4.78 is 5.32. The van der Waals surface area contributed by atoms with Crippen molar-refractivity contribution >= 4 is 17.2 Å². The van der Waals surface area contributed by atoms with E-state index in [1.807, 2.05) is 36.3 Å². The highest BCUT2D eigenvalue weighted by Gasteiger charge is 2.36. The summed E-state index contributed by atoms with van der Waals surface area (Å²) in [5.74, 6) is 0.153. The predicted molar refractivity (Wildman–Crippen MR) is 59.8 cm³/mol. The van der Waals surface area contributed by atoms with Crippen molar-refractivity contribution in [1.29, 1.82) is 0 Å². The third kappa shape index (κ3) is 2.21. The Kier molecular flexibility index (Phi) is 2.80. The molecule has 0 aliphatic carbocycles. The molecule has 0 N–H and O–H groups in total. The van der Waals surface area contributed by atoms with E-state index in [9.17, 15) is 4.79 Å². The van der Waals surface area contributed by atoms with Gasteiger partial charge >= 0.3 is 0 Å². The van der Waals surface area contributed by atoms with Crippen LogP contribution in [0.4, 0.5) is 0 Å². The summed E-state index contributed by atoms with van der Waals surface area (Å²) in [6.07, 6.45) is 0.491. The van der Waals surface area contributed by atoms with E-state index < -0.39 is 0 Å². The maximum absolute atomic E-state index is 12.0. The van der Waals surface area contributed by atoms with Crippen molar-refractivity contribution in [3.8, 4) is 0 Å². The van der Waals surface area contributed by atoms with Crippen LogP contribution >= 0.6 is 11.3 Å². The molecule has 0 unspecified atom stereocenters. The quantitative estimate of drug-likeness (QED) is 0.769. The minimum absolute atomic E-state index is 0.153. The number of amides is 1. The van der Waals surface area contributed by atoms with Gasteiger partial charge in [-0.15, -0.1) is 11.3 Å². The lowest BCUT2D eigenvalue weighted by atomic mass is 10.1. The van der Waals surface area contributed by atoms with Crippen molar-refractivity contribution in [3.05, 3.63) is 22.4 Å². The molecule has 0 atom stereocenters. The van der Waals surface area contributed by atoms with Crippen LogP contribution in [-0.4, -0.2) is 29.7 Å². The zero-order valence-corrected chi connectivity index (χ0v) is 9.84. The molecule has 1 aromatic rings. The largest absolute Gasteiger partial charge is 0.359 e. The number of hydrogen-bond donors (Lipinski definition) is 0. The average Bonchev–Trinajstić information content (AvgIpc) is 2.73. The van der Waals surface area contributed by atoms with E-state index in [0.29, 0.717) is 19.8 Å². The van der Waals surface area contributed by atoms with E-state index in [2.05, 4.69) is 0 Å². The molecule has 1 aliphatic heterocycles. The van der Waals surface area contributed by atoms with Gasteiger partial charge in [0.15, 0.2) is 0 Å². The highest BCUT2D eigenvalue weighted by atomic mass is 32.1. The molecule has 1 saturated heterocycles. The fourth-order valence-electron chi connectivity index (χ4n) is 1.71. The van der Waals surface area contributed by atoms with Crippen LogP contribution in [0.25, 0.3) is 0 Å². The van der Waals surface area contributed by atoms with Crippen molar-refractivity contribution in [2.45, 2.75) is 25.8 Å². The van der Waals surface area contributed by atoms with Gasteiger partial charge in [-0.1, -0.05) is 6.07 Å². The standard InChI is InChI=1S/C11H15NO2S/c1-11(2)7-14-8-12(11)10(13)6-9-4-3-5-15-9/h3-5H,6-8H2,1-2H3. The lowest BCUT2D eigenvalue weighted by Crippen LogP contribution is -2.44. The molecule has 1 amide bonds. The van der Waals surface area contributed by atoms with E-state index in [1.165, 1.54) is 0 Å². The van der Waals surface area contributed by atoms with Gasteiger partial charge in [0.1, 0.15) is 6.73 Å². The summed E-state index contributed by atoms with van der Waals surface area (Å²) in [7, 11) is 0. The Balaban J connectivity index is 2.02. The Morgan fingerprint density at radius 3 is 3.00 bits per heavy atom. The number of carbonyl (C=O) groups is 1. The first-order valence-electron chi connectivity index (χ1n) is 5.00. The lowest BCUT2D eigenvalue weighted by molar-refractivity contribution is -0.134. The van der Waals surface area contributed by atoms with Gasteiger partial charge in [0.25, 0.3) is 0 Å². The highest BCUT2D eigenvalue weighted by Crippen LogP contribution is 2.23. The Morgan fingerprint density at radius 1 is 1.67 bits per heavy atom. The van der Waals surface area contributed by atoms with Gasteiger partial charge in [0.05, 0.1) is 18.6 Å². The van der Waals surface area contributed by atoms with Crippen LogP contribution in [0.2, 0.25) is 0 Å². The molecule has 1 aliphatic rings. The number of nitrogens with zero attached hydrogens (tertiary/aromatic N) is 1. The van der Waals surface area contributed by atoms with Crippen LogP contribution < -0.4 is 0 Å². The summed E-state index contributed by atoms with van der Waals surface area (Å²) in [5, 5.41) is 1.99. The Morgan fingerprint density at radius 2 is 2.47 bits per heavy atom. The SMILES string of the molecule is CC1(C)COCN1C(=O)Cc1cccs1. The molecular weight excluding hydrogens is 210 g/mol. The van der Waals surface area contributed by atoms with Crippen LogP contribution in [0, 0.1) is 0 Å². The first kappa shape index (κ1) is 10.6. The summed E-state index contributed by atoms with van der Waals surface area (Å²) in [5.41, 5.74) is -0.158. The number of thiophene rings is 1. The van der Waals surface area contributed by atoms with Crippen LogP contribution in [-0.2, 0) is 16.0 Å². The fraction of sp³-hybridized carbons (Fsp3) is 0.545. The molecule has 2 heterocycles. The van der Waals surface area contributed by atoms with E-state index in [4.69, 9.17) is 4.74 Å². The molecule has 82 valence electrons. The van der Waals surface area contributed by atoms with E-state index in [0.717, 1.165) is 4.88 Å². The second kappa shape index (κ2) is 3.94. The Bertz CT molecular complexity index is 345. The fourth-order valence-corrected chi connectivity index (χ4v) is 2.40. The minimum atomic E-state index is -0.158. The molecular formula is C11H15NO2S. The van der Waals surface area contributed by atoms with Crippen LogP contribution in [0.5, 0.6) is 0 Å². The highest BCUT2D eigenvalue weighted by molar-refractivity contribution is 7.10. The molecule has 2 rings (SSSR count). The van der Waals surface area contributed by atoms with Gasteiger partial charge in [0, 0.05) is 4.88 Å². The Labute approximate surface area is 93.7 Å². The van der Waals surface area contributed by atoms with Gasteiger partial charge in [-0.3, -0.25) is 4.79 Å². The predicted octanol–water partition coefficient (Wildman–Crippen LogP) is 1.89. The van der Waals surface area contributed by atoms with Crippen molar-refractivity contribution in [3.63, 3.8) is 0 Å². The molecule has 4 heteroatoms. The molecule has 3 nitrogen and oxygen atoms in total. The minimum Gasteiger partial charge on any atom is -0.359 e. The summed E-state index contributed by atoms with van der Waals surface area (Å²) in [6, 6.07) is 3.96. The van der Waals surface area contributed by atoms with E-state index in [1.54, 1.807) is 11.3 Å². The number of ether oxygens (including phenoxy) is 1. The van der Waals surface area contributed by atoms with Crippen LogP contribution in [0.3, 0.4) is 0 Å². The maximum Gasteiger partial charge on any atom is 0.230 e. The second-order valence-electron chi connectivity index (χ2n) is 4.37. The zero-order chi connectivity index (χ0) is 10.9. The first-order chi connectivity index (χ1) is 7.09. The zero-order valence-electron chi connectivity index (χ0n) is 9.03. The molecule has 0 aromatic carbocycles. The molecule has 1 aromatic heterocycles. The maximum atomic E-state index is 12.0. The third-order valence-electron chi connectivity index (χ3n) is 2.61. The van der Waals surface area contributed by atoms with Gasteiger partial charge in [-0.2, -0.15) is 0 Å². The monoisotopic (exact) mass is 225 g/mol. The average molecular weight is 225 g/mol. The van der Waals surface area contributed by atoms with Crippen LogP contribution in [0.1, 0.15) is 18.7 Å². The second-order valence-corrected chi connectivity index (χ2v) is 5.40. The molecule has 0 radical (unpaired) electrons. The van der Waals surface area contributed by atoms with Crippen molar-refractivity contribution in [1.82, 2.24) is 4.90 Å². The summed E-state index contributed by atoms with van der Waals surface area (Å²) in [6.45, 7) is 5.12. The summed E-state index contributed by atoms with van der Waals surface area (Å²) >= 11 is 1.62. The lowest BCUT2D eigenvalue weighted by Gasteiger charge is -2.28. The third-order valence-corrected chi connectivity index (χ3v) is 3.49. The van der Waals surface area contributed by atoms with Crippen molar-refractivity contribution in [2.24, 2.45) is 0 Å². The molecule has 1 fully saturated rings. The Hall–Kier alpha value is -0.870. The van der Waals surface area contributed by atoms with E-state index >= 15 is 0 Å². The van der Waals surface area contributed by atoms with Gasteiger partial charge in [-0.25, -0.2) is 0 Å². The number of rotatable bonds is 2. The topological polar surface area (TPSA) is 29.5 Å². The normalized spacial score (nSPS) is 19.5. The van der Waals surface area contributed by atoms with Crippen molar-refractivity contribution < 1.29 is 9.53 Å². The summed E-state index contributed by atoms with van der Waals surface area (Å²) in [4.78, 5) is 14.9. The smallest absolute Gasteiger partial charge is 0.230 e. The van der Waals surface area contributed by atoms with Gasteiger partial charge in [-0.05, 0) is 25.3 Å². The van der Waals surface area contributed by atoms with Crippen LogP contribution in [0.15, 0.2) is 17.5 Å². The number of carbonyl (C=O) groups excluding carboxylic acids is 1. The molecule has 0 saturated carbocycles. The molecule has 0 spiro atoms. The molecule has 15 heavy (non-hydrogen) atoms. The van der Waals surface area contributed by atoms with Gasteiger partial charge < -0.3 is 9.64 Å².